The Kier molecular flexibility index (Phi) is 10.1. The largest absolute Gasteiger partial charge is 0.457 e. The van der Waals surface area contributed by atoms with Crippen molar-refractivity contribution in [2.24, 2.45) is 0 Å². The van der Waals surface area contributed by atoms with Crippen molar-refractivity contribution < 1.29 is 38.1 Å². The van der Waals surface area contributed by atoms with Crippen LogP contribution >= 0.6 is 0 Å². The van der Waals surface area contributed by atoms with Crippen molar-refractivity contribution in [3.8, 4) is 22.6 Å². The van der Waals surface area contributed by atoms with E-state index in [0.29, 0.717) is 22.3 Å². The molecule has 0 unspecified atom stereocenters. The van der Waals surface area contributed by atoms with Crippen molar-refractivity contribution in [1.82, 2.24) is 0 Å². The molecule has 0 amide bonds. The van der Waals surface area contributed by atoms with E-state index >= 15 is 0 Å². The van der Waals surface area contributed by atoms with Gasteiger partial charge in [-0.3, -0.25) is 0 Å². The molecular formula is C30H30O8. The average Bonchev–Trinajstić information content (AvgIpc) is 2.85. The summed E-state index contributed by atoms with van der Waals surface area (Å²) in [6.45, 7) is 20.2. The Morgan fingerprint density at radius 3 is 1.63 bits per heavy atom. The number of hydrogen-bond acceptors (Lipinski definition) is 8. The number of ether oxygens (including phenoxy) is 4. The molecule has 198 valence electrons. The summed E-state index contributed by atoms with van der Waals surface area (Å²) in [6, 6.07) is 9.69. The zero-order valence-electron chi connectivity index (χ0n) is 22.0. The van der Waals surface area contributed by atoms with Crippen molar-refractivity contribution in [1.29, 1.82) is 0 Å². The topological polar surface area (TPSA) is 105 Å². The van der Waals surface area contributed by atoms with Crippen LogP contribution in [-0.2, 0) is 41.9 Å². The molecule has 2 aromatic carbocycles. The summed E-state index contributed by atoms with van der Waals surface area (Å²) in [5.41, 5.74) is 3.04. The molecule has 0 spiro atoms. The minimum Gasteiger partial charge on any atom is -0.457 e. The van der Waals surface area contributed by atoms with Crippen molar-refractivity contribution in [2.45, 2.75) is 40.9 Å². The van der Waals surface area contributed by atoms with Gasteiger partial charge in [-0.25, -0.2) is 19.2 Å². The van der Waals surface area contributed by atoms with Crippen LogP contribution in [0.4, 0.5) is 0 Å². The molecule has 0 aliphatic carbocycles. The third kappa shape index (κ3) is 8.16. The summed E-state index contributed by atoms with van der Waals surface area (Å²) < 4.78 is 21.4. The lowest BCUT2D eigenvalue weighted by atomic mass is 9.98. The Bertz CT molecular complexity index is 1350. The normalized spacial score (nSPS) is 10.1. The maximum atomic E-state index is 12.3. The van der Waals surface area contributed by atoms with Crippen molar-refractivity contribution >= 4 is 23.9 Å². The average molecular weight is 519 g/mol. The van der Waals surface area contributed by atoms with Crippen molar-refractivity contribution in [2.75, 3.05) is 0 Å². The number of hydrogen-bond donors (Lipinski definition) is 0. The molecule has 0 saturated carbocycles. The zero-order valence-corrected chi connectivity index (χ0v) is 22.0. The first-order valence-corrected chi connectivity index (χ1v) is 11.5. The van der Waals surface area contributed by atoms with E-state index in [-0.39, 0.29) is 47.0 Å². The van der Waals surface area contributed by atoms with Gasteiger partial charge < -0.3 is 18.9 Å². The molecule has 0 N–H and O–H groups in total. The van der Waals surface area contributed by atoms with E-state index in [2.05, 4.69) is 26.3 Å². The van der Waals surface area contributed by atoms with E-state index in [1.807, 2.05) is 0 Å². The monoisotopic (exact) mass is 518 g/mol. The van der Waals surface area contributed by atoms with Crippen molar-refractivity contribution in [3.05, 3.63) is 96.1 Å². The van der Waals surface area contributed by atoms with Crippen LogP contribution < -0.4 is 9.47 Å². The molecule has 8 nitrogen and oxygen atoms in total. The molecular weight excluding hydrogens is 488 g/mol. The van der Waals surface area contributed by atoms with Gasteiger partial charge in [0.25, 0.3) is 0 Å². The number of carbonyl (C=O) groups is 4. The maximum Gasteiger partial charge on any atom is 0.338 e. The summed E-state index contributed by atoms with van der Waals surface area (Å²) >= 11 is 0. The predicted octanol–water partition coefficient (Wildman–Crippen LogP) is 5.56. The highest BCUT2D eigenvalue weighted by Crippen LogP contribution is 2.35. The summed E-state index contributed by atoms with van der Waals surface area (Å²) in [5.74, 6) is -2.20. The molecule has 8 heteroatoms. The molecule has 0 aromatic heterocycles. The first-order chi connectivity index (χ1) is 17.8. The highest BCUT2D eigenvalue weighted by Gasteiger charge is 2.17. The molecule has 38 heavy (non-hydrogen) atoms. The van der Waals surface area contributed by atoms with E-state index < -0.39 is 23.9 Å². The van der Waals surface area contributed by atoms with Crippen LogP contribution in [0, 0.1) is 0 Å². The van der Waals surface area contributed by atoms with E-state index in [0.717, 1.165) is 0 Å². The highest BCUT2D eigenvalue weighted by atomic mass is 16.6. The van der Waals surface area contributed by atoms with Crippen LogP contribution in [0.5, 0.6) is 11.5 Å². The van der Waals surface area contributed by atoms with Crippen LogP contribution in [0.15, 0.2) is 85.0 Å². The molecule has 0 saturated heterocycles. The van der Waals surface area contributed by atoms with Gasteiger partial charge in [-0.05, 0) is 62.6 Å². The van der Waals surface area contributed by atoms with Gasteiger partial charge in [-0.2, -0.15) is 0 Å². The fourth-order valence-electron chi connectivity index (χ4n) is 2.87. The molecule has 0 aliphatic heterocycles. The van der Waals surface area contributed by atoms with Crippen molar-refractivity contribution in [3.63, 3.8) is 0 Å². The number of benzene rings is 2. The second-order valence-corrected chi connectivity index (χ2v) is 8.69. The molecule has 0 radical (unpaired) electrons. The Labute approximate surface area is 221 Å². The highest BCUT2D eigenvalue weighted by molar-refractivity contribution is 5.91. The summed E-state index contributed by atoms with van der Waals surface area (Å²) in [7, 11) is 0. The number of carbonyl (C=O) groups excluding carboxylic acids is 4. The smallest absolute Gasteiger partial charge is 0.338 e. The lowest BCUT2D eigenvalue weighted by Gasteiger charge is -2.16. The van der Waals surface area contributed by atoms with Crippen LogP contribution in [0.3, 0.4) is 0 Å². The molecule has 0 atom stereocenters. The van der Waals surface area contributed by atoms with E-state index in [1.54, 1.807) is 24.3 Å². The Hall–Kier alpha value is -4.72. The van der Waals surface area contributed by atoms with E-state index in [4.69, 9.17) is 18.9 Å². The second kappa shape index (κ2) is 13.0. The van der Waals surface area contributed by atoms with Gasteiger partial charge in [-0.15, -0.1) is 0 Å². The summed E-state index contributed by atoms with van der Waals surface area (Å²) in [5, 5.41) is 0. The SMILES string of the molecule is C=C(C)C(=O)OCc1ccc(-c2ccc(OC(=O)C(=C)C)cc2OC(=O)C(=C)C)cc1COC(=O)C(=C)C. The van der Waals surface area contributed by atoms with Crippen LogP contribution in [0.25, 0.3) is 11.1 Å². The fraction of sp³-hybridized carbons (Fsp3) is 0.200. The predicted molar refractivity (Wildman–Crippen MR) is 142 cm³/mol. The van der Waals surface area contributed by atoms with E-state index in [9.17, 15) is 19.2 Å². The molecule has 0 aliphatic rings. The van der Waals surface area contributed by atoms with Gasteiger partial charge in [0.05, 0.1) is 0 Å². The van der Waals surface area contributed by atoms with Gasteiger partial charge in [0.15, 0.2) is 0 Å². The first kappa shape index (κ1) is 29.5. The Balaban J connectivity index is 2.55. The molecule has 2 rings (SSSR count). The fourth-order valence-corrected chi connectivity index (χ4v) is 2.87. The van der Waals surface area contributed by atoms with E-state index in [1.165, 1.54) is 39.8 Å². The minimum absolute atomic E-state index is 0.0841. The van der Waals surface area contributed by atoms with Gasteiger partial charge in [-0.1, -0.05) is 38.4 Å². The van der Waals surface area contributed by atoms with Gasteiger partial charge in [0.2, 0.25) is 0 Å². The number of rotatable bonds is 11. The maximum absolute atomic E-state index is 12.3. The molecule has 0 bridgehead atoms. The third-order valence-electron chi connectivity index (χ3n) is 4.99. The molecule has 2 aromatic rings. The minimum atomic E-state index is -0.673. The standard InChI is InChI=1S/C30H30O8/c1-17(2)27(31)35-15-22-10-9-21(13-23(22)16-36-28(32)18(3)4)25-12-11-24(37-29(33)19(5)6)14-26(25)38-30(34)20(7)8/h9-14H,1,3,5,7,15-16H2,2,4,6,8H3. The summed E-state index contributed by atoms with van der Waals surface area (Å²) in [4.78, 5) is 48.3. The Morgan fingerprint density at radius 1 is 0.605 bits per heavy atom. The van der Waals surface area contributed by atoms with Crippen LogP contribution in [0.1, 0.15) is 38.8 Å². The van der Waals surface area contributed by atoms with Gasteiger partial charge in [0.1, 0.15) is 24.7 Å². The molecule has 0 heterocycles. The quantitative estimate of drug-likeness (QED) is 0.216. The molecule has 0 fully saturated rings. The lowest BCUT2D eigenvalue weighted by molar-refractivity contribution is -0.141. The van der Waals surface area contributed by atoms with Crippen LogP contribution in [-0.4, -0.2) is 23.9 Å². The lowest BCUT2D eigenvalue weighted by Crippen LogP contribution is -2.11. The number of esters is 4. The van der Waals surface area contributed by atoms with Gasteiger partial charge in [0, 0.05) is 33.9 Å². The Morgan fingerprint density at radius 2 is 1.11 bits per heavy atom. The van der Waals surface area contributed by atoms with Crippen LogP contribution in [0.2, 0.25) is 0 Å². The second-order valence-electron chi connectivity index (χ2n) is 8.69. The third-order valence-corrected chi connectivity index (χ3v) is 4.99. The van der Waals surface area contributed by atoms with Gasteiger partial charge >= 0.3 is 23.9 Å². The zero-order chi connectivity index (χ0) is 28.6. The summed E-state index contributed by atoms with van der Waals surface area (Å²) in [6.07, 6.45) is 0. The first-order valence-electron chi connectivity index (χ1n) is 11.5.